The van der Waals surface area contributed by atoms with Gasteiger partial charge in [-0.05, 0) is 6.07 Å². The van der Waals surface area contributed by atoms with Crippen molar-refractivity contribution in [2.45, 2.75) is 12.6 Å². The maximum atomic E-state index is 12.0. The zero-order valence-corrected chi connectivity index (χ0v) is 10.3. The smallest absolute Gasteiger partial charge is 0.244 e. The second kappa shape index (κ2) is 5.63. The topological polar surface area (TPSA) is 79.3 Å². The van der Waals surface area contributed by atoms with Crippen LogP contribution in [0.25, 0.3) is 0 Å². The summed E-state index contributed by atoms with van der Waals surface area (Å²) >= 11 is 0. The van der Waals surface area contributed by atoms with Crippen LogP contribution in [0.1, 0.15) is 0 Å². The van der Waals surface area contributed by atoms with Crippen molar-refractivity contribution in [3.8, 4) is 0 Å². The van der Waals surface area contributed by atoms with Crippen LogP contribution in [0.2, 0.25) is 0 Å². The Morgan fingerprint density at radius 1 is 1.56 bits per heavy atom. The van der Waals surface area contributed by atoms with Gasteiger partial charge in [0.05, 0.1) is 0 Å². The molecule has 7 nitrogen and oxygen atoms in total. The summed E-state index contributed by atoms with van der Waals surface area (Å²) in [5.41, 5.74) is 0. The number of rotatable bonds is 3. The summed E-state index contributed by atoms with van der Waals surface area (Å²) in [4.78, 5) is 25.2. The molecule has 2 amide bonds. The van der Waals surface area contributed by atoms with Gasteiger partial charge >= 0.3 is 0 Å². The van der Waals surface area contributed by atoms with Crippen LogP contribution < -0.4 is 10.6 Å². The van der Waals surface area contributed by atoms with Crippen molar-refractivity contribution in [2.24, 2.45) is 0 Å². The molecule has 1 aromatic heterocycles. The first-order valence-electron chi connectivity index (χ1n) is 5.91. The number of carbonyl (C=O) groups is 2. The normalized spacial score (nSPS) is 19.6. The molecule has 1 atom stereocenters. The SMILES string of the molecule is CNC(=O)C1CN(C(=O)Cn2cccn2)CCN1. The van der Waals surface area contributed by atoms with Crippen LogP contribution in [-0.2, 0) is 16.1 Å². The van der Waals surface area contributed by atoms with Gasteiger partial charge in [0.2, 0.25) is 11.8 Å². The van der Waals surface area contributed by atoms with E-state index < -0.39 is 0 Å². The third-order valence-corrected chi connectivity index (χ3v) is 2.95. The number of hydrogen-bond acceptors (Lipinski definition) is 4. The van der Waals surface area contributed by atoms with Gasteiger partial charge in [0.1, 0.15) is 12.6 Å². The molecular weight excluding hydrogens is 234 g/mol. The van der Waals surface area contributed by atoms with E-state index in [1.807, 2.05) is 0 Å². The molecule has 7 heteroatoms. The first kappa shape index (κ1) is 12.6. The van der Waals surface area contributed by atoms with Crippen LogP contribution in [0.5, 0.6) is 0 Å². The Morgan fingerprint density at radius 2 is 2.39 bits per heavy atom. The second-order valence-electron chi connectivity index (χ2n) is 4.16. The van der Waals surface area contributed by atoms with Gasteiger partial charge in [0.15, 0.2) is 0 Å². The highest BCUT2D eigenvalue weighted by Gasteiger charge is 2.27. The summed E-state index contributed by atoms with van der Waals surface area (Å²) in [7, 11) is 1.59. The molecule has 98 valence electrons. The molecule has 0 aromatic carbocycles. The molecule has 1 aromatic rings. The van der Waals surface area contributed by atoms with Crippen LogP contribution in [0, 0.1) is 0 Å². The summed E-state index contributed by atoms with van der Waals surface area (Å²) in [6.07, 6.45) is 3.38. The maximum Gasteiger partial charge on any atom is 0.244 e. The van der Waals surface area contributed by atoms with E-state index in [0.717, 1.165) is 0 Å². The number of carbonyl (C=O) groups excluding carboxylic acids is 2. The summed E-state index contributed by atoms with van der Waals surface area (Å²) in [6, 6.07) is 1.45. The average molecular weight is 251 g/mol. The molecule has 0 saturated carbocycles. The van der Waals surface area contributed by atoms with Gasteiger partial charge in [-0.25, -0.2) is 0 Å². The van der Waals surface area contributed by atoms with Gasteiger partial charge < -0.3 is 15.5 Å². The molecule has 2 heterocycles. The van der Waals surface area contributed by atoms with Crippen LogP contribution in [0.15, 0.2) is 18.5 Å². The van der Waals surface area contributed by atoms with E-state index in [2.05, 4.69) is 15.7 Å². The third-order valence-electron chi connectivity index (χ3n) is 2.95. The lowest BCUT2D eigenvalue weighted by molar-refractivity contribution is -0.134. The lowest BCUT2D eigenvalue weighted by atomic mass is 10.2. The number of hydrogen-bond donors (Lipinski definition) is 2. The van der Waals surface area contributed by atoms with Crippen molar-refractivity contribution in [2.75, 3.05) is 26.7 Å². The van der Waals surface area contributed by atoms with E-state index in [-0.39, 0.29) is 24.4 Å². The first-order chi connectivity index (χ1) is 8.70. The molecule has 2 rings (SSSR count). The van der Waals surface area contributed by atoms with Crippen molar-refractivity contribution < 1.29 is 9.59 Å². The second-order valence-corrected chi connectivity index (χ2v) is 4.16. The fourth-order valence-electron chi connectivity index (χ4n) is 1.96. The van der Waals surface area contributed by atoms with Gasteiger partial charge in [-0.2, -0.15) is 5.10 Å². The van der Waals surface area contributed by atoms with Gasteiger partial charge in [-0.1, -0.05) is 0 Å². The molecular formula is C11H17N5O2. The molecule has 1 aliphatic rings. The number of likely N-dealkylation sites (N-methyl/N-ethyl adjacent to an activating group) is 1. The maximum absolute atomic E-state index is 12.0. The Kier molecular flexibility index (Phi) is 3.93. The summed E-state index contributed by atoms with van der Waals surface area (Å²) in [6.45, 7) is 1.86. The van der Waals surface area contributed by atoms with E-state index in [4.69, 9.17) is 0 Å². The van der Waals surface area contributed by atoms with Crippen molar-refractivity contribution in [1.29, 1.82) is 0 Å². The first-order valence-corrected chi connectivity index (χ1v) is 5.91. The van der Waals surface area contributed by atoms with Crippen molar-refractivity contribution in [3.63, 3.8) is 0 Å². The number of amides is 2. The van der Waals surface area contributed by atoms with Crippen LogP contribution in [0.4, 0.5) is 0 Å². The highest BCUT2D eigenvalue weighted by atomic mass is 16.2. The lowest BCUT2D eigenvalue weighted by Crippen LogP contribution is -2.58. The quantitative estimate of drug-likeness (QED) is 0.680. The van der Waals surface area contributed by atoms with Gasteiger partial charge in [-0.3, -0.25) is 14.3 Å². The lowest BCUT2D eigenvalue weighted by Gasteiger charge is -2.32. The van der Waals surface area contributed by atoms with Gasteiger partial charge in [0.25, 0.3) is 0 Å². The molecule has 0 bridgehead atoms. The fourth-order valence-corrected chi connectivity index (χ4v) is 1.96. The molecule has 1 saturated heterocycles. The van der Waals surface area contributed by atoms with Crippen molar-refractivity contribution >= 4 is 11.8 Å². The molecule has 1 unspecified atom stereocenters. The van der Waals surface area contributed by atoms with Crippen LogP contribution >= 0.6 is 0 Å². The molecule has 18 heavy (non-hydrogen) atoms. The Bertz CT molecular complexity index is 417. The third kappa shape index (κ3) is 2.86. The number of aromatic nitrogens is 2. The number of nitrogens with zero attached hydrogens (tertiary/aromatic N) is 3. The van der Waals surface area contributed by atoms with Crippen LogP contribution in [0.3, 0.4) is 0 Å². The summed E-state index contributed by atoms with van der Waals surface area (Å²) < 4.78 is 1.58. The van der Waals surface area contributed by atoms with E-state index in [1.165, 1.54) is 0 Å². The van der Waals surface area contributed by atoms with Crippen LogP contribution in [-0.4, -0.2) is 59.2 Å². The summed E-state index contributed by atoms with van der Waals surface area (Å²) in [5, 5.41) is 9.66. The van der Waals surface area contributed by atoms with Crippen molar-refractivity contribution in [3.05, 3.63) is 18.5 Å². The molecule has 1 aliphatic heterocycles. The van der Waals surface area contributed by atoms with Gasteiger partial charge in [-0.15, -0.1) is 0 Å². The largest absolute Gasteiger partial charge is 0.358 e. The highest BCUT2D eigenvalue weighted by Crippen LogP contribution is 2.01. The Labute approximate surface area is 105 Å². The van der Waals surface area contributed by atoms with E-state index in [0.29, 0.717) is 19.6 Å². The molecule has 0 aliphatic carbocycles. The minimum atomic E-state index is -0.328. The van der Waals surface area contributed by atoms with E-state index >= 15 is 0 Å². The summed E-state index contributed by atoms with van der Waals surface area (Å²) in [5.74, 6) is -0.110. The molecule has 0 radical (unpaired) electrons. The fraction of sp³-hybridized carbons (Fsp3) is 0.545. The minimum Gasteiger partial charge on any atom is -0.358 e. The number of nitrogens with one attached hydrogen (secondary N) is 2. The molecule has 1 fully saturated rings. The highest BCUT2D eigenvalue weighted by molar-refractivity contribution is 5.83. The van der Waals surface area contributed by atoms with Gasteiger partial charge in [0, 0.05) is 39.1 Å². The predicted molar refractivity (Wildman–Crippen MR) is 64.7 cm³/mol. The predicted octanol–water partition coefficient (Wildman–Crippen LogP) is -1.57. The minimum absolute atomic E-state index is 0.0193. The average Bonchev–Trinajstić information content (AvgIpc) is 2.90. The zero-order valence-electron chi connectivity index (χ0n) is 10.3. The molecule has 0 spiro atoms. The Morgan fingerprint density at radius 3 is 3.06 bits per heavy atom. The van der Waals surface area contributed by atoms with E-state index in [1.54, 1.807) is 35.1 Å². The molecule has 2 N–H and O–H groups in total. The Hall–Kier alpha value is -1.89. The number of piperazine rings is 1. The van der Waals surface area contributed by atoms with Crippen molar-refractivity contribution in [1.82, 2.24) is 25.3 Å². The zero-order chi connectivity index (χ0) is 13.0. The Balaban J connectivity index is 1.92. The van der Waals surface area contributed by atoms with E-state index in [9.17, 15) is 9.59 Å². The standard InChI is InChI=1S/C11H17N5O2/c1-12-11(18)9-7-15(6-4-13-9)10(17)8-16-5-2-3-14-16/h2-3,5,9,13H,4,6-8H2,1H3,(H,12,18). The monoisotopic (exact) mass is 251 g/mol.